The standard InChI is InChI=1S/C32H38NO4.BrH/c1-33(2,21-12-22-36-27-17-10-5-11-18-27)30-24-19-20-28(30)29(23-24)37-31(34)32(35,25-13-6-3-7-14-25)26-15-8-4-9-16-26;/h3-11,13-18,24,28-30,35H,12,19-23H2,1-2H3;1H/q+1;/p-1. The van der Waals surface area contributed by atoms with Gasteiger partial charge in [-0.15, -0.1) is 0 Å². The molecule has 2 fully saturated rings. The Labute approximate surface area is 236 Å². The highest BCUT2D eigenvalue weighted by Gasteiger charge is 2.57. The van der Waals surface area contributed by atoms with Gasteiger partial charge in [0.25, 0.3) is 0 Å². The third-order valence-corrected chi connectivity index (χ3v) is 8.44. The van der Waals surface area contributed by atoms with Crippen LogP contribution in [0.2, 0.25) is 0 Å². The van der Waals surface area contributed by atoms with E-state index in [1.807, 2.05) is 66.7 Å². The zero-order valence-electron chi connectivity index (χ0n) is 22.2. The van der Waals surface area contributed by atoms with Crippen molar-refractivity contribution in [2.24, 2.45) is 11.8 Å². The highest BCUT2D eigenvalue weighted by molar-refractivity contribution is 5.85. The van der Waals surface area contributed by atoms with Gasteiger partial charge in [-0.25, -0.2) is 4.79 Å². The van der Waals surface area contributed by atoms with Crippen LogP contribution in [0, 0.1) is 11.8 Å². The fraction of sp³-hybridized carbons (Fsp3) is 0.406. The maximum Gasteiger partial charge on any atom is 0.347 e. The van der Waals surface area contributed by atoms with Crippen LogP contribution in [0.5, 0.6) is 5.75 Å². The predicted octanol–water partition coefficient (Wildman–Crippen LogP) is 2.18. The molecule has 4 atom stereocenters. The van der Waals surface area contributed by atoms with Gasteiger partial charge in [0.1, 0.15) is 11.9 Å². The van der Waals surface area contributed by atoms with E-state index < -0.39 is 11.6 Å². The summed E-state index contributed by atoms with van der Waals surface area (Å²) in [6.45, 7) is 1.69. The van der Waals surface area contributed by atoms with Gasteiger partial charge in [-0.1, -0.05) is 78.9 Å². The van der Waals surface area contributed by atoms with E-state index in [0.717, 1.165) is 36.0 Å². The number of carbonyl (C=O) groups is 1. The van der Waals surface area contributed by atoms with Gasteiger partial charge in [0, 0.05) is 18.3 Å². The second-order valence-corrected chi connectivity index (χ2v) is 11.1. The summed E-state index contributed by atoms with van der Waals surface area (Å²) in [5.41, 5.74) is -0.778. The summed E-state index contributed by atoms with van der Waals surface area (Å²) in [6, 6.07) is 28.7. The number of esters is 1. The Morgan fingerprint density at radius 1 is 0.895 bits per heavy atom. The lowest BCUT2D eigenvalue weighted by Crippen LogP contribution is -3.00. The minimum absolute atomic E-state index is 0. The SMILES string of the molecule is C[N+](C)(CCCOc1ccccc1)C1C2CCC1C(OC(=O)C(O)(c1ccccc1)c1ccccc1)C2.[Br-]. The first kappa shape index (κ1) is 28.3. The van der Waals surface area contributed by atoms with E-state index in [1.54, 1.807) is 24.3 Å². The quantitative estimate of drug-likeness (QED) is 0.227. The van der Waals surface area contributed by atoms with Crippen LogP contribution >= 0.6 is 0 Å². The highest BCUT2D eigenvalue weighted by Crippen LogP contribution is 2.50. The molecule has 0 aliphatic heterocycles. The number of nitrogens with zero attached hydrogens (tertiary/aromatic N) is 1. The van der Waals surface area contributed by atoms with Crippen LogP contribution in [0.4, 0.5) is 0 Å². The summed E-state index contributed by atoms with van der Waals surface area (Å²) in [5.74, 6) is 1.15. The van der Waals surface area contributed by atoms with Crippen molar-refractivity contribution in [3.63, 3.8) is 0 Å². The van der Waals surface area contributed by atoms with Crippen molar-refractivity contribution >= 4 is 5.97 Å². The molecule has 1 N–H and O–H groups in total. The van der Waals surface area contributed by atoms with E-state index in [-0.39, 0.29) is 23.1 Å². The van der Waals surface area contributed by atoms with Crippen LogP contribution in [0.3, 0.4) is 0 Å². The number of benzene rings is 3. The monoisotopic (exact) mass is 579 g/mol. The molecule has 0 heterocycles. The number of quaternary nitrogens is 1. The Bertz CT molecular complexity index is 1130. The van der Waals surface area contributed by atoms with Crippen LogP contribution in [0.1, 0.15) is 36.8 Å². The lowest BCUT2D eigenvalue weighted by molar-refractivity contribution is -0.919. The summed E-state index contributed by atoms with van der Waals surface area (Å²) in [7, 11) is 4.60. The van der Waals surface area contributed by atoms with E-state index in [4.69, 9.17) is 9.47 Å². The molecule has 5 rings (SSSR count). The fourth-order valence-electron chi connectivity index (χ4n) is 6.77. The number of para-hydroxylation sites is 1. The molecule has 5 nitrogen and oxygen atoms in total. The van der Waals surface area contributed by atoms with Gasteiger partial charge < -0.3 is 36.0 Å². The van der Waals surface area contributed by atoms with Gasteiger partial charge in [-0.3, -0.25) is 0 Å². The molecular weight excluding hydrogens is 542 g/mol. The first-order valence-corrected chi connectivity index (χ1v) is 13.4. The normalized spacial score (nSPS) is 22.5. The van der Waals surface area contributed by atoms with Gasteiger partial charge in [0.15, 0.2) is 0 Å². The van der Waals surface area contributed by atoms with E-state index >= 15 is 0 Å². The Balaban J connectivity index is 0.00000336. The van der Waals surface area contributed by atoms with E-state index in [1.165, 1.54) is 6.42 Å². The third kappa shape index (κ3) is 5.68. The second-order valence-electron chi connectivity index (χ2n) is 11.1. The first-order chi connectivity index (χ1) is 17.9. The minimum atomic E-state index is -1.83. The Hall–Kier alpha value is -2.67. The molecule has 0 aromatic heterocycles. The van der Waals surface area contributed by atoms with Gasteiger partial charge in [0.05, 0.1) is 33.3 Å². The largest absolute Gasteiger partial charge is 1.00 e. The van der Waals surface area contributed by atoms with Crippen molar-refractivity contribution < 1.29 is 40.8 Å². The Kier molecular flexibility index (Phi) is 8.96. The predicted molar refractivity (Wildman–Crippen MR) is 144 cm³/mol. The zero-order valence-corrected chi connectivity index (χ0v) is 23.8. The molecular formula is C32H38BrNO4. The number of halogens is 1. The van der Waals surface area contributed by atoms with Gasteiger partial charge in [-0.2, -0.15) is 0 Å². The zero-order chi connectivity index (χ0) is 25.9. The van der Waals surface area contributed by atoms with Crippen LogP contribution in [-0.4, -0.2) is 55.0 Å². The van der Waals surface area contributed by atoms with Crippen molar-refractivity contribution in [1.82, 2.24) is 0 Å². The number of carbonyl (C=O) groups excluding carboxylic acids is 1. The van der Waals surface area contributed by atoms with Gasteiger partial charge in [0.2, 0.25) is 5.60 Å². The van der Waals surface area contributed by atoms with Gasteiger partial charge in [-0.05, 0) is 42.5 Å². The van der Waals surface area contributed by atoms with Crippen LogP contribution in [-0.2, 0) is 15.1 Å². The lowest BCUT2D eigenvalue weighted by atomic mass is 9.86. The van der Waals surface area contributed by atoms with E-state index in [2.05, 4.69) is 14.1 Å². The van der Waals surface area contributed by atoms with Crippen molar-refractivity contribution in [1.29, 1.82) is 0 Å². The van der Waals surface area contributed by atoms with E-state index in [0.29, 0.717) is 35.6 Å². The number of fused-ring (bicyclic) bond motifs is 2. The smallest absolute Gasteiger partial charge is 0.347 e. The number of hydrogen-bond donors (Lipinski definition) is 1. The molecule has 202 valence electrons. The highest BCUT2D eigenvalue weighted by atomic mass is 79.9. The molecule has 0 spiro atoms. The average molecular weight is 581 g/mol. The Morgan fingerprint density at radius 3 is 2.03 bits per heavy atom. The molecule has 0 radical (unpaired) electrons. The fourth-order valence-corrected chi connectivity index (χ4v) is 6.77. The van der Waals surface area contributed by atoms with Crippen molar-refractivity contribution in [2.45, 2.75) is 43.4 Å². The third-order valence-electron chi connectivity index (χ3n) is 8.44. The molecule has 2 bridgehead atoms. The van der Waals surface area contributed by atoms with Crippen molar-refractivity contribution in [3.05, 3.63) is 102 Å². The van der Waals surface area contributed by atoms with E-state index in [9.17, 15) is 9.90 Å². The molecule has 2 saturated carbocycles. The maximum atomic E-state index is 13.7. The number of hydrogen-bond acceptors (Lipinski definition) is 4. The second kappa shape index (κ2) is 12.0. The molecule has 3 aromatic carbocycles. The lowest BCUT2D eigenvalue weighted by Gasteiger charge is -2.39. The van der Waals surface area contributed by atoms with Crippen molar-refractivity contribution in [3.8, 4) is 5.75 Å². The first-order valence-electron chi connectivity index (χ1n) is 13.4. The molecule has 38 heavy (non-hydrogen) atoms. The summed E-state index contributed by atoms with van der Waals surface area (Å²) >= 11 is 0. The number of ether oxygens (including phenoxy) is 2. The topological polar surface area (TPSA) is 55.8 Å². The van der Waals surface area contributed by atoms with Crippen LogP contribution < -0.4 is 21.7 Å². The molecule has 6 heteroatoms. The molecule has 4 unspecified atom stereocenters. The molecule has 0 saturated heterocycles. The summed E-state index contributed by atoms with van der Waals surface area (Å²) < 4.78 is 13.0. The summed E-state index contributed by atoms with van der Waals surface area (Å²) in [4.78, 5) is 13.7. The molecule has 3 aromatic rings. The van der Waals surface area contributed by atoms with Crippen LogP contribution in [0.25, 0.3) is 0 Å². The number of aliphatic hydroxyl groups is 1. The molecule has 2 aliphatic carbocycles. The summed E-state index contributed by atoms with van der Waals surface area (Å²) in [5, 5.41) is 11.8. The summed E-state index contributed by atoms with van der Waals surface area (Å²) in [6.07, 6.45) is 3.89. The van der Waals surface area contributed by atoms with Crippen LogP contribution in [0.15, 0.2) is 91.0 Å². The average Bonchev–Trinajstić information content (AvgIpc) is 3.51. The van der Waals surface area contributed by atoms with Gasteiger partial charge >= 0.3 is 5.97 Å². The Morgan fingerprint density at radius 2 is 1.45 bits per heavy atom. The van der Waals surface area contributed by atoms with Crippen molar-refractivity contribution in [2.75, 3.05) is 27.2 Å². The molecule has 0 amide bonds. The number of rotatable bonds is 10. The minimum Gasteiger partial charge on any atom is -1.00 e. The molecule has 2 aliphatic rings. The maximum absolute atomic E-state index is 13.7.